The van der Waals surface area contributed by atoms with E-state index in [0.29, 0.717) is 12.5 Å². The number of piperidine rings is 1. The molecule has 1 aliphatic heterocycles. The number of likely N-dealkylation sites (tertiary alicyclic amines) is 1. The Bertz CT molecular complexity index is 771. The summed E-state index contributed by atoms with van der Waals surface area (Å²) in [7, 11) is 1.70. The van der Waals surface area contributed by atoms with Crippen molar-refractivity contribution < 1.29 is 9.84 Å². The minimum atomic E-state index is -0.426. The van der Waals surface area contributed by atoms with Crippen molar-refractivity contribution in [2.45, 2.75) is 76.0 Å². The molecular weight excluding hydrogens is 364 g/mol. The van der Waals surface area contributed by atoms with E-state index in [9.17, 15) is 5.11 Å². The van der Waals surface area contributed by atoms with Crippen LogP contribution in [0.4, 0.5) is 0 Å². The predicted octanol–water partition coefficient (Wildman–Crippen LogP) is 4.09. The number of rotatable bonds is 9. The predicted molar refractivity (Wildman–Crippen MR) is 113 cm³/mol. The van der Waals surface area contributed by atoms with Crippen LogP contribution in [0.5, 0.6) is 5.75 Å². The van der Waals surface area contributed by atoms with Crippen LogP contribution in [-0.2, 0) is 0 Å². The molecule has 0 unspecified atom stereocenters. The van der Waals surface area contributed by atoms with Crippen LogP contribution in [0.2, 0.25) is 0 Å². The Kier molecular flexibility index (Phi) is 6.50. The molecule has 3 atom stereocenters. The van der Waals surface area contributed by atoms with E-state index in [2.05, 4.69) is 40.5 Å². The molecule has 6 nitrogen and oxygen atoms in total. The minimum absolute atomic E-state index is 0.0333. The molecule has 0 spiro atoms. The third-order valence-corrected chi connectivity index (χ3v) is 6.43. The van der Waals surface area contributed by atoms with Gasteiger partial charge in [-0.15, -0.1) is 5.10 Å². The number of hydrogen-bond acceptors (Lipinski definition) is 5. The molecule has 1 aliphatic carbocycles. The first-order chi connectivity index (χ1) is 14.2. The summed E-state index contributed by atoms with van der Waals surface area (Å²) in [5, 5.41) is 19.7. The fourth-order valence-electron chi connectivity index (χ4n) is 4.49. The molecule has 1 N–H and O–H groups in total. The van der Waals surface area contributed by atoms with Crippen LogP contribution in [-0.4, -0.2) is 51.3 Å². The van der Waals surface area contributed by atoms with Crippen molar-refractivity contribution in [3.8, 4) is 5.75 Å². The fourth-order valence-corrected chi connectivity index (χ4v) is 4.49. The first-order valence-corrected chi connectivity index (χ1v) is 11.2. The number of ether oxygens (including phenoxy) is 1. The van der Waals surface area contributed by atoms with Crippen LogP contribution in [0.25, 0.3) is 0 Å². The lowest BCUT2D eigenvalue weighted by molar-refractivity contribution is -0.0102. The van der Waals surface area contributed by atoms with Gasteiger partial charge >= 0.3 is 0 Å². The topological polar surface area (TPSA) is 63.4 Å². The quantitative estimate of drug-likeness (QED) is 0.645. The monoisotopic (exact) mass is 398 g/mol. The first kappa shape index (κ1) is 20.4. The minimum Gasteiger partial charge on any atom is -0.497 e. The van der Waals surface area contributed by atoms with Crippen molar-refractivity contribution in [2.75, 3.05) is 20.2 Å². The van der Waals surface area contributed by atoms with Crippen molar-refractivity contribution in [2.24, 2.45) is 0 Å². The second kappa shape index (κ2) is 9.26. The average Bonchev–Trinajstić information content (AvgIpc) is 3.49. The third kappa shape index (κ3) is 4.81. The molecule has 1 aromatic heterocycles. The van der Waals surface area contributed by atoms with Gasteiger partial charge in [0.2, 0.25) is 0 Å². The molecule has 0 bridgehead atoms. The second-order valence-corrected chi connectivity index (χ2v) is 8.61. The molecule has 158 valence electrons. The Balaban J connectivity index is 1.52. The summed E-state index contributed by atoms with van der Waals surface area (Å²) in [5.41, 5.74) is 2.36. The van der Waals surface area contributed by atoms with E-state index in [1.807, 2.05) is 16.8 Å². The lowest BCUT2D eigenvalue weighted by Gasteiger charge is -2.42. The summed E-state index contributed by atoms with van der Waals surface area (Å²) in [6, 6.07) is 8.62. The van der Waals surface area contributed by atoms with Gasteiger partial charge in [0.05, 0.1) is 24.9 Å². The van der Waals surface area contributed by atoms with Crippen LogP contribution in [0, 0.1) is 0 Å². The Morgan fingerprint density at radius 1 is 1.14 bits per heavy atom. The van der Waals surface area contributed by atoms with Gasteiger partial charge in [-0.25, -0.2) is 4.68 Å². The number of unbranched alkanes of at least 4 members (excludes halogenated alkanes) is 3. The third-order valence-electron chi connectivity index (χ3n) is 6.43. The molecule has 0 amide bonds. The molecule has 2 heterocycles. The maximum atomic E-state index is 11.0. The Morgan fingerprint density at radius 2 is 1.93 bits per heavy atom. The van der Waals surface area contributed by atoms with E-state index in [1.165, 1.54) is 44.1 Å². The second-order valence-electron chi connectivity index (χ2n) is 8.61. The summed E-state index contributed by atoms with van der Waals surface area (Å²) >= 11 is 0. The van der Waals surface area contributed by atoms with Gasteiger partial charge in [-0.05, 0) is 49.9 Å². The van der Waals surface area contributed by atoms with Gasteiger partial charge < -0.3 is 9.84 Å². The van der Waals surface area contributed by atoms with Gasteiger partial charge in [-0.2, -0.15) is 0 Å². The van der Waals surface area contributed by atoms with Gasteiger partial charge in [-0.3, -0.25) is 4.90 Å². The largest absolute Gasteiger partial charge is 0.497 e. The van der Waals surface area contributed by atoms with Crippen molar-refractivity contribution in [3.05, 3.63) is 41.7 Å². The summed E-state index contributed by atoms with van der Waals surface area (Å²) in [4.78, 5) is 2.46. The highest BCUT2D eigenvalue weighted by Crippen LogP contribution is 2.41. The van der Waals surface area contributed by atoms with E-state index in [-0.39, 0.29) is 12.1 Å². The molecule has 2 fully saturated rings. The van der Waals surface area contributed by atoms with Crippen LogP contribution < -0.4 is 4.74 Å². The van der Waals surface area contributed by atoms with Gasteiger partial charge in [0, 0.05) is 24.7 Å². The van der Waals surface area contributed by atoms with Crippen molar-refractivity contribution in [1.82, 2.24) is 19.9 Å². The van der Waals surface area contributed by atoms with E-state index < -0.39 is 6.10 Å². The smallest absolute Gasteiger partial charge is 0.118 e. The molecule has 1 saturated heterocycles. The molecule has 1 saturated carbocycles. The van der Waals surface area contributed by atoms with Crippen molar-refractivity contribution in [1.29, 1.82) is 0 Å². The number of aromatic nitrogens is 3. The molecular formula is C23H34N4O2. The van der Waals surface area contributed by atoms with Crippen LogP contribution in [0.3, 0.4) is 0 Å². The maximum absolute atomic E-state index is 11.0. The molecule has 0 radical (unpaired) electrons. The highest BCUT2D eigenvalue weighted by atomic mass is 16.5. The van der Waals surface area contributed by atoms with E-state index in [1.54, 1.807) is 7.11 Å². The number of aliphatic hydroxyl groups excluding tert-OH is 1. The molecule has 29 heavy (non-hydrogen) atoms. The van der Waals surface area contributed by atoms with Crippen LogP contribution in [0.15, 0.2) is 30.5 Å². The van der Waals surface area contributed by atoms with E-state index >= 15 is 0 Å². The number of methoxy groups -OCH3 is 1. The molecule has 2 aromatic rings. The number of β-amino-alcohol motifs (C(OH)–C–C–N with tert-alkyl or cyclic N) is 1. The number of hydrogen-bond donors (Lipinski definition) is 1. The Hall–Kier alpha value is -1.92. The molecule has 1 aromatic carbocycles. The summed E-state index contributed by atoms with van der Waals surface area (Å²) in [5.74, 6) is 1.46. The average molecular weight is 399 g/mol. The lowest BCUT2D eigenvalue weighted by atomic mass is 9.89. The first-order valence-electron chi connectivity index (χ1n) is 11.2. The number of aliphatic hydroxyl groups is 1. The Labute approximate surface area is 173 Å². The molecule has 6 heteroatoms. The van der Waals surface area contributed by atoms with Gasteiger partial charge in [0.25, 0.3) is 0 Å². The van der Waals surface area contributed by atoms with E-state index in [4.69, 9.17) is 4.74 Å². The highest BCUT2D eigenvalue weighted by molar-refractivity contribution is 5.29. The lowest BCUT2D eigenvalue weighted by Crippen LogP contribution is -2.46. The number of nitrogens with zero attached hydrogens (tertiary/aromatic N) is 4. The van der Waals surface area contributed by atoms with Gasteiger partial charge in [-0.1, -0.05) is 43.5 Å². The zero-order valence-corrected chi connectivity index (χ0v) is 17.7. The molecule has 4 rings (SSSR count). The summed E-state index contributed by atoms with van der Waals surface area (Å²) in [6.07, 6.45) is 9.84. The normalized spacial score (nSPS) is 25.3. The van der Waals surface area contributed by atoms with Gasteiger partial charge in [0.15, 0.2) is 0 Å². The molecule has 2 aliphatic rings. The summed E-state index contributed by atoms with van der Waals surface area (Å²) < 4.78 is 7.26. The highest BCUT2D eigenvalue weighted by Gasteiger charge is 2.37. The zero-order valence-electron chi connectivity index (χ0n) is 17.7. The fraction of sp³-hybridized carbons (Fsp3) is 0.652. The van der Waals surface area contributed by atoms with E-state index in [0.717, 1.165) is 24.4 Å². The SMILES string of the molecule is CCCCCCN1C[C@H](O)[C@@H](n2cc(C3CC3)nn2)C[C@H]1c1ccc(OC)cc1. The standard InChI is InChI=1S/C23H34N4O2/c1-3-4-5-6-13-26-16-23(28)22(27-15-20(24-25-27)17-7-8-17)14-21(26)18-9-11-19(29-2)12-10-18/h9-12,15,17,21-23,28H,3-8,13-14,16H2,1-2H3/t21-,22-,23-/m0/s1. The Morgan fingerprint density at radius 3 is 2.62 bits per heavy atom. The van der Waals surface area contributed by atoms with Crippen LogP contribution in [0.1, 0.15) is 81.1 Å². The van der Waals surface area contributed by atoms with Crippen molar-refractivity contribution in [3.63, 3.8) is 0 Å². The zero-order chi connectivity index (χ0) is 20.2. The number of benzene rings is 1. The maximum Gasteiger partial charge on any atom is 0.118 e. The summed E-state index contributed by atoms with van der Waals surface area (Å²) in [6.45, 7) is 3.93. The van der Waals surface area contributed by atoms with Crippen LogP contribution >= 0.6 is 0 Å². The van der Waals surface area contributed by atoms with Gasteiger partial charge in [0.1, 0.15) is 5.75 Å². The van der Waals surface area contributed by atoms with Crippen molar-refractivity contribution >= 4 is 0 Å².